The lowest BCUT2D eigenvalue weighted by Crippen LogP contribution is -2.08. The molecule has 0 spiro atoms. The quantitative estimate of drug-likeness (QED) is 0.670. The molecule has 0 fully saturated rings. The van der Waals surface area contributed by atoms with Gasteiger partial charge in [-0.25, -0.2) is 4.79 Å². The lowest BCUT2D eigenvalue weighted by molar-refractivity contribution is 0.0592. The van der Waals surface area contributed by atoms with E-state index >= 15 is 0 Å². The Kier molecular flexibility index (Phi) is 3.64. The number of aryl methyl sites for hydroxylation is 1. The molecule has 0 aliphatic carbocycles. The van der Waals surface area contributed by atoms with Crippen LogP contribution in [0.2, 0.25) is 0 Å². The largest absolute Gasteiger partial charge is 0.465 e. The van der Waals surface area contributed by atoms with Crippen molar-refractivity contribution in [3.05, 3.63) is 17.5 Å². The zero-order valence-corrected chi connectivity index (χ0v) is 8.61. The minimum atomic E-state index is -0.382. The lowest BCUT2D eigenvalue weighted by Gasteiger charge is -2.04. The van der Waals surface area contributed by atoms with Crippen LogP contribution >= 0.6 is 0 Å². The van der Waals surface area contributed by atoms with Crippen molar-refractivity contribution in [2.45, 2.75) is 13.5 Å². The smallest absolute Gasteiger partial charge is 0.341 e. The zero-order valence-electron chi connectivity index (χ0n) is 8.61. The molecule has 0 aromatic carbocycles. The Morgan fingerprint density at radius 1 is 1.64 bits per heavy atom. The number of aromatic nitrogens is 2. The first-order chi connectivity index (χ1) is 6.70. The van der Waals surface area contributed by atoms with E-state index in [0.717, 1.165) is 5.69 Å². The summed E-state index contributed by atoms with van der Waals surface area (Å²) in [4.78, 5) is 11.3. The Morgan fingerprint density at radius 3 is 2.93 bits per heavy atom. The number of hydrogen-bond acceptors (Lipinski definition) is 4. The van der Waals surface area contributed by atoms with Crippen molar-refractivity contribution in [2.24, 2.45) is 7.05 Å². The standard InChI is InChI=1S/C9H14N2O3/c1-4-14-6-8-7(9(12)13-3)5-10-11(8)2/h5H,4,6H2,1-3H3. The molecular weight excluding hydrogens is 184 g/mol. The van der Waals surface area contributed by atoms with Crippen LogP contribution in [0.1, 0.15) is 23.0 Å². The average molecular weight is 198 g/mol. The molecule has 1 rings (SSSR count). The zero-order chi connectivity index (χ0) is 10.6. The van der Waals surface area contributed by atoms with Gasteiger partial charge in [0, 0.05) is 13.7 Å². The molecule has 1 aromatic heterocycles. The second kappa shape index (κ2) is 4.76. The summed E-state index contributed by atoms with van der Waals surface area (Å²) < 4.78 is 11.5. The summed E-state index contributed by atoms with van der Waals surface area (Å²) in [5.74, 6) is -0.382. The highest BCUT2D eigenvalue weighted by Crippen LogP contribution is 2.10. The van der Waals surface area contributed by atoms with Crippen molar-refractivity contribution < 1.29 is 14.3 Å². The lowest BCUT2D eigenvalue weighted by atomic mass is 10.2. The molecule has 78 valence electrons. The van der Waals surface area contributed by atoms with Gasteiger partial charge in [0.2, 0.25) is 0 Å². The summed E-state index contributed by atoms with van der Waals surface area (Å²) in [6.45, 7) is 2.87. The summed E-state index contributed by atoms with van der Waals surface area (Å²) in [6, 6.07) is 0. The van der Waals surface area contributed by atoms with Crippen LogP contribution in [0.3, 0.4) is 0 Å². The van der Waals surface area contributed by atoms with Crippen LogP contribution in [0, 0.1) is 0 Å². The monoisotopic (exact) mass is 198 g/mol. The summed E-state index contributed by atoms with van der Waals surface area (Å²) in [7, 11) is 3.11. The van der Waals surface area contributed by atoms with Crippen molar-refractivity contribution >= 4 is 5.97 Å². The Balaban J connectivity index is 2.88. The molecular formula is C9H14N2O3. The number of carbonyl (C=O) groups excluding carboxylic acids is 1. The Hall–Kier alpha value is -1.36. The minimum Gasteiger partial charge on any atom is -0.465 e. The molecule has 0 saturated carbocycles. The molecule has 5 nitrogen and oxygen atoms in total. The first-order valence-electron chi connectivity index (χ1n) is 4.37. The van der Waals surface area contributed by atoms with Crippen LogP contribution in [-0.2, 0) is 23.1 Å². The molecule has 1 heterocycles. The van der Waals surface area contributed by atoms with Crippen molar-refractivity contribution in [2.75, 3.05) is 13.7 Å². The minimum absolute atomic E-state index is 0.372. The van der Waals surface area contributed by atoms with E-state index in [1.54, 1.807) is 11.7 Å². The Morgan fingerprint density at radius 2 is 2.36 bits per heavy atom. The normalized spacial score (nSPS) is 10.2. The first-order valence-corrected chi connectivity index (χ1v) is 4.37. The van der Waals surface area contributed by atoms with Crippen LogP contribution in [0.25, 0.3) is 0 Å². The van der Waals surface area contributed by atoms with E-state index in [0.29, 0.717) is 18.8 Å². The highest BCUT2D eigenvalue weighted by atomic mass is 16.5. The van der Waals surface area contributed by atoms with Gasteiger partial charge in [0.25, 0.3) is 0 Å². The van der Waals surface area contributed by atoms with E-state index in [4.69, 9.17) is 4.74 Å². The number of ether oxygens (including phenoxy) is 2. The van der Waals surface area contributed by atoms with Crippen LogP contribution < -0.4 is 0 Å². The number of esters is 1. The van der Waals surface area contributed by atoms with Gasteiger partial charge in [0.15, 0.2) is 0 Å². The fraction of sp³-hybridized carbons (Fsp3) is 0.556. The molecule has 0 aliphatic rings. The van der Waals surface area contributed by atoms with E-state index in [2.05, 4.69) is 9.84 Å². The molecule has 0 radical (unpaired) electrons. The van der Waals surface area contributed by atoms with E-state index in [1.807, 2.05) is 6.92 Å². The van der Waals surface area contributed by atoms with Crippen LogP contribution in [0.15, 0.2) is 6.20 Å². The highest BCUT2D eigenvalue weighted by molar-refractivity contribution is 5.90. The predicted octanol–water partition coefficient (Wildman–Crippen LogP) is 0.743. The Bertz CT molecular complexity index is 320. The molecule has 0 unspecified atom stereocenters. The van der Waals surface area contributed by atoms with Gasteiger partial charge in [-0.15, -0.1) is 0 Å². The van der Waals surface area contributed by atoms with Crippen LogP contribution in [-0.4, -0.2) is 29.5 Å². The van der Waals surface area contributed by atoms with Gasteiger partial charge < -0.3 is 9.47 Å². The van der Waals surface area contributed by atoms with Gasteiger partial charge in [0.1, 0.15) is 5.56 Å². The number of carbonyl (C=O) groups is 1. The summed E-state index contributed by atoms with van der Waals surface area (Å²) in [6.07, 6.45) is 1.49. The van der Waals surface area contributed by atoms with Gasteiger partial charge in [-0.1, -0.05) is 0 Å². The van der Waals surface area contributed by atoms with E-state index < -0.39 is 0 Å². The Labute approximate surface area is 82.6 Å². The van der Waals surface area contributed by atoms with E-state index in [9.17, 15) is 4.79 Å². The number of rotatable bonds is 4. The fourth-order valence-corrected chi connectivity index (χ4v) is 1.11. The number of methoxy groups -OCH3 is 1. The van der Waals surface area contributed by atoms with Gasteiger partial charge >= 0.3 is 5.97 Å². The SMILES string of the molecule is CCOCc1c(C(=O)OC)cnn1C. The molecule has 0 saturated heterocycles. The van der Waals surface area contributed by atoms with Crippen molar-refractivity contribution in [1.82, 2.24) is 9.78 Å². The van der Waals surface area contributed by atoms with Crippen LogP contribution in [0.5, 0.6) is 0 Å². The van der Waals surface area contributed by atoms with Gasteiger partial charge in [-0.3, -0.25) is 4.68 Å². The molecule has 0 atom stereocenters. The second-order valence-electron chi connectivity index (χ2n) is 2.76. The number of nitrogens with zero attached hydrogens (tertiary/aromatic N) is 2. The molecule has 0 N–H and O–H groups in total. The maximum absolute atomic E-state index is 11.3. The fourth-order valence-electron chi connectivity index (χ4n) is 1.11. The number of hydrogen-bond donors (Lipinski definition) is 0. The van der Waals surface area contributed by atoms with Crippen molar-refractivity contribution in [1.29, 1.82) is 0 Å². The molecule has 14 heavy (non-hydrogen) atoms. The van der Waals surface area contributed by atoms with Gasteiger partial charge in [0.05, 0.1) is 25.6 Å². The summed E-state index contributed by atoms with van der Waals surface area (Å²) >= 11 is 0. The predicted molar refractivity (Wildman–Crippen MR) is 49.9 cm³/mol. The van der Waals surface area contributed by atoms with Crippen LogP contribution in [0.4, 0.5) is 0 Å². The maximum atomic E-state index is 11.3. The van der Waals surface area contributed by atoms with Gasteiger partial charge in [-0.2, -0.15) is 5.10 Å². The molecule has 0 amide bonds. The second-order valence-corrected chi connectivity index (χ2v) is 2.76. The topological polar surface area (TPSA) is 53.4 Å². The molecule has 1 aromatic rings. The third-order valence-electron chi connectivity index (χ3n) is 1.91. The van der Waals surface area contributed by atoms with E-state index in [1.165, 1.54) is 13.3 Å². The van der Waals surface area contributed by atoms with Crippen molar-refractivity contribution in [3.63, 3.8) is 0 Å². The third-order valence-corrected chi connectivity index (χ3v) is 1.91. The van der Waals surface area contributed by atoms with Gasteiger partial charge in [-0.05, 0) is 6.92 Å². The maximum Gasteiger partial charge on any atom is 0.341 e. The average Bonchev–Trinajstić information content (AvgIpc) is 2.56. The first kappa shape index (κ1) is 10.7. The summed E-state index contributed by atoms with van der Waals surface area (Å²) in [5.41, 5.74) is 1.20. The van der Waals surface area contributed by atoms with Crippen molar-refractivity contribution in [3.8, 4) is 0 Å². The van der Waals surface area contributed by atoms with E-state index in [-0.39, 0.29) is 5.97 Å². The molecule has 5 heteroatoms. The summed E-state index contributed by atoms with van der Waals surface area (Å²) in [5, 5.41) is 3.97. The molecule has 0 bridgehead atoms. The third kappa shape index (κ3) is 2.11. The molecule has 0 aliphatic heterocycles. The highest BCUT2D eigenvalue weighted by Gasteiger charge is 2.15.